The lowest BCUT2D eigenvalue weighted by Gasteiger charge is -2.07. The maximum absolute atomic E-state index is 11.0. The van der Waals surface area contributed by atoms with Crippen LogP contribution in [0.5, 0.6) is 0 Å². The average molecular weight is 141 g/mol. The molecule has 1 atom stereocenters. The second-order valence-corrected chi connectivity index (χ2v) is 2.21. The summed E-state index contributed by atoms with van der Waals surface area (Å²) in [5.41, 5.74) is 0.213. The second kappa shape index (κ2) is 1.98. The van der Waals surface area contributed by atoms with E-state index in [-0.39, 0.29) is 5.56 Å². The Balaban J connectivity index is 2.56. The number of nitrogens with one attached hydrogen (secondary N) is 2. The van der Waals surface area contributed by atoms with Gasteiger partial charge >= 0.3 is 0 Å². The van der Waals surface area contributed by atoms with Gasteiger partial charge in [0.15, 0.2) is 5.76 Å². The molecule has 2 rings (SSSR count). The molecule has 0 aliphatic carbocycles. The minimum absolute atomic E-state index is 0.262. The van der Waals surface area contributed by atoms with Crippen LogP contribution in [0.2, 0.25) is 0 Å². The zero-order chi connectivity index (χ0) is 7.84. The standard InChI is InChI=1S/C6H8N2O2/c9-6-4-1-2-7-3-5(4)10-8-6/h7H,1-3H2,(H,8,9)/i1D. The van der Waals surface area contributed by atoms with Gasteiger partial charge < -0.3 is 9.84 Å². The number of aromatic amines is 1. The van der Waals surface area contributed by atoms with E-state index in [0.29, 0.717) is 24.4 Å². The van der Waals surface area contributed by atoms with Gasteiger partial charge in [-0.25, -0.2) is 0 Å². The molecule has 0 bridgehead atoms. The minimum Gasteiger partial charge on any atom is -0.382 e. The fourth-order valence-electron chi connectivity index (χ4n) is 1.04. The molecule has 0 aromatic carbocycles. The number of rotatable bonds is 0. The van der Waals surface area contributed by atoms with Gasteiger partial charge in [0.1, 0.15) is 0 Å². The highest BCUT2D eigenvalue weighted by molar-refractivity contribution is 5.16. The Morgan fingerprint density at radius 2 is 2.60 bits per heavy atom. The Labute approximate surface area is 58.6 Å². The van der Waals surface area contributed by atoms with E-state index >= 15 is 0 Å². The van der Waals surface area contributed by atoms with Crippen LogP contribution in [0.3, 0.4) is 0 Å². The summed E-state index contributed by atoms with van der Waals surface area (Å²) < 4.78 is 12.3. The van der Waals surface area contributed by atoms with Crippen molar-refractivity contribution in [1.29, 1.82) is 0 Å². The van der Waals surface area contributed by atoms with E-state index in [2.05, 4.69) is 10.5 Å². The minimum atomic E-state index is -0.485. The summed E-state index contributed by atoms with van der Waals surface area (Å²) >= 11 is 0. The summed E-state index contributed by atoms with van der Waals surface area (Å²) in [6.45, 7) is 1.07. The third kappa shape index (κ3) is 0.690. The fourth-order valence-corrected chi connectivity index (χ4v) is 1.04. The Morgan fingerprint density at radius 3 is 3.40 bits per heavy atom. The summed E-state index contributed by atoms with van der Waals surface area (Å²) in [7, 11) is 0. The van der Waals surface area contributed by atoms with Gasteiger partial charge in [-0.15, -0.1) is 0 Å². The lowest BCUT2D eigenvalue weighted by atomic mass is 10.1. The molecule has 1 aliphatic rings. The third-order valence-corrected chi connectivity index (χ3v) is 1.55. The van der Waals surface area contributed by atoms with Crippen molar-refractivity contribution in [1.82, 2.24) is 10.5 Å². The van der Waals surface area contributed by atoms with Crippen LogP contribution in [-0.2, 0) is 12.9 Å². The number of fused-ring (bicyclic) bond motifs is 1. The van der Waals surface area contributed by atoms with Crippen LogP contribution in [0, 0.1) is 0 Å². The Morgan fingerprint density at radius 1 is 1.70 bits per heavy atom. The van der Waals surface area contributed by atoms with Crippen LogP contribution in [-0.4, -0.2) is 11.7 Å². The van der Waals surface area contributed by atoms with Crippen LogP contribution >= 0.6 is 0 Å². The van der Waals surface area contributed by atoms with Crippen molar-refractivity contribution in [3.63, 3.8) is 0 Å². The SMILES string of the molecule is [2H]C1CNCc2o[nH]c(=O)c21. The Kier molecular flexibility index (Phi) is 0.939. The summed E-state index contributed by atoms with van der Waals surface area (Å²) in [5.74, 6) is 0.571. The maximum atomic E-state index is 11.0. The van der Waals surface area contributed by atoms with Gasteiger partial charge in [-0.3, -0.25) is 4.79 Å². The first-order valence-electron chi connectivity index (χ1n) is 3.70. The molecular formula is C6H8N2O2. The Bertz CT molecular complexity index is 317. The highest BCUT2D eigenvalue weighted by Gasteiger charge is 2.15. The molecule has 0 saturated heterocycles. The first-order valence-corrected chi connectivity index (χ1v) is 3.12. The first-order chi connectivity index (χ1) is 5.29. The number of hydrogen-bond donors (Lipinski definition) is 2. The largest absolute Gasteiger partial charge is 0.382 e. The van der Waals surface area contributed by atoms with Crippen LogP contribution in [0.1, 0.15) is 12.7 Å². The zero-order valence-corrected chi connectivity index (χ0v) is 5.31. The molecule has 1 aromatic rings. The van der Waals surface area contributed by atoms with E-state index < -0.39 is 6.40 Å². The molecule has 1 aromatic heterocycles. The molecular weight excluding hydrogens is 132 g/mol. The quantitative estimate of drug-likeness (QED) is 0.517. The van der Waals surface area contributed by atoms with Crippen molar-refractivity contribution in [3.8, 4) is 0 Å². The van der Waals surface area contributed by atoms with Crippen LogP contribution < -0.4 is 10.9 Å². The fraction of sp³-hybridized carbons (Fsp3) is 0.500. The van der Waals surface area contributed by atoms with Gasteiger partial charge in [0.25, 0.3) is 5.56 Å². The number of H-pyrrole nitrogens is 1. The normalized spacial score (nSPS) is 25.6. The summed E-state index contributed by atoms with van der Waals surface area (Å²) in [5, 5.41) is 5.18. The van der Waals surface area contributed by atoms with Gasteiger partial charge in [-0.2, -0.15) is 5.16 Å². The molecule has 0 radical (unpaired) electrons. The first kappa shape index (κ1) is 4.73. The molecule has 2 heterocycles. The zero-order valence-electron chi connectivity index (χ0n) is 6.31. The molecule has 0 saturated carbocycles. The molecule has 0 spiro atoms. The summed E-state index contributed by atoms with van der Waals surface area (Å²) in [4.78, 5) is 11.0. The van der Waals surface area contributed by atoms with E-state index in [1.807, 2.05) is 0 Å². The van der Waals surface area contributed by atoms with Gasteiger partial charge in [0.2, 0.25) is 0 Å². The molecule has 2 N–H and O–H groups in total. The van der Waals surface area contributed by atoms with Crippen molar-refractivity contribution < 1.29 is 5.89 Å². The maximum Gasteiger partial charge on any atom is 0.283 e. The highest BCUT2D eigenvalue weighted by Crippen LogP contribution is 2.06. The van der Waals surface area contributed by atoms with Crippen molar-refractivity contribution >= 4 is 0 Å². The van der Waals surface area contributed by atoms with E-state index in [1.165, 1.54) is 0 Å². The van der Waals surface area contributed by atoms with Crippen molar-refractivity contribution in [2.24, 2.45) is 0 Å². The van der Waals surface area contributed by atoms with E-state index in [0.717, 1.165) is 0 Å². The smallest absolute Gasteiger partial charge is 0.283 e. The molecule has 54 valence electrons. The molecule has 0 amide bonds. The lowest BCUT2D eigenvalue weighted by Crippen LogP contribution is -2.25. The summed E-state index contributed by atoms with van der Waals surface area (Å²) in [6.07, 6.45) is -0.485. The number of hydrogen-bond acceptors (Lipinski definition) is 3. The monoisotopic (exact) mass is 141 g/mol. The molecule has 4 heteroatoms. The molecule has 0 fully saturated rings. The Hall–Kier alpha value is -1.03. The predicted molar refractivity (Wildman–Crippen MR) is 34.7 cm³/mol. The van der Waals surface area contributed by atoms with Crippen LogP contribution in [0.4, 0.5) is 0 Å². The van der Waals surface area contributed by atoms with Gasteiger partial charge in [-0.1, -0.05) is 0 Å². The highest BCUT2D eigenvalue weighted by atomic mass is 16.5. The van der Waals surface area contributed by atoms with E-state index in [4.69, 9.17) is 5.89 Å². The van der Waals surface area contributed by atoms with Gasteiger partial charge in [0, 0.05) is 1.37 Å². The van der Waals surface area contributed by atoms with Crippen molar-refractivity contribution in [3.05, 3.63) is 21.7 Å². The molecule has 10 heavy (non-hydrogen) atoms. The lowest BCUT2D eigenvalue weighted by molar-refractivity contribution is 0.362. The molecule has 4 nitrogen and oxygen atoms in total. The van der Waals surface area contributed by atoms with Crippen LogP contribution in [0.15, 0.2) is 9.32 Å². The topological polar surface area (TPSA) is 58.0 Å². The second-order valence-electron chi connectivity index (χ2n) is 2.21. The van der Waals surface area contributed by atoms with Crippen molar-refractivity contribution in [2.45, 2.75) is 12.9 Å². The number of aromatic nitrogens is 1. The summed E-state index contributed by atoms with van der Waals surface area (Å²) in [6, 6.07) is 0. The molecule has 1 unspecified atom stereocenters. The van der Waals surface area contributed by atoms with E-state index in [1.54, 1.807) is 0 Å². The van der Waals surface area contributed by atoms with Gasteiger partial charge in [0.05, 0.1) is 12.1 Å². The van der Waals surface area contributed by atoms with Crippen molar-refractivity contribution in [2.75, 3.05) is 6.54 Å². The van der Waals surface area contributed by atoms with Crippen LogP contribution in [0.25, 0.3) is 0 Å². The average Bonchev–Trinajstić information content (AvgIpc) is 2.34. The molecule has 1 aliphatic heterocycles. The third-order valence-electron chi connectivity index (χ3n) is 1.55. The van der Waals surface area contributed by atoms with E-state index in [9.17, 15) is 4.79 Å². The predicted octanol–water partition coefficient (Wildman–Crippen LogP) is -0.386. The van der Waals surface area contributed by atoms with Gasteiger partial charge in [-0.05, 0) is 12.9 Å².